The van der Waals surface area contributed by atoms with Gasteiger partial charge in [-0.2, -0.15) is 0 Å². The number of rotatable bonds is 4. The van der Waals surface area contributed by atoms with Crippen LogP contribution in [0.5, 0.6) is 0 Å². The van der Waals surface area contributed by atoms with E-state index >= 15 is 0 Å². The molecule has 9 heteroatoms. The summed E-state index contributed by atoms with van der Waals surface area (Å²) in [5, 5.41) is 3.41. The fourth-order valence-corrected chi connectivity index (χ4v) is 4.53. The second-order valence-electron chi connectivity index (χ2n) is 6.52. The van der Waals surface area contributed by atoms with Gasteiger partial charge in [0.1, 0.15) is 6.10 Å². The molecular formula is C17H21Cl2N3O3S. The number of amides is 2. The highest BCUT2D eigenvalue weighted by Crippen LogP contribution is 2.31. The highest BCUT2D eigenvalue weighted by Gasteiger charge is 2.36. The Balaban J connectivity index is 1.48. The molecule has 3 atom stereocenters. The van der Waals surface area contributed by atoms with Crippen molar-refractivity contribution < 1.29 is 14.3 Å². The maximum atomic E-state index is 12.4. The Hall–Kier alpha value is -1.15. The highest BCUT2D eigenvalue weighted by molar-refractivity contribution is 7.99. The van der Waals surface area contributed by atoms with Crippen LogP contribution < -0.4 is 11.1 Å². The van der Waals surface area contributed by atoms with Crippen molar-refractivity contribution in [2.75, 3.05) is 23.5 Å². The van der Waals surface area contributed by atoms with E-state index in [1.165, 1.54) is 0 Å². The minimum atomic E-state index is -0.551. The lowest BCUT2D eigenvalue weighted by molar-refractivity contribution is -0.132. The van der Waals surface area contributed by atoms with Crippen LogP contribution in [0.4, 0.5) is 10.5 Å². The van der Waals surface area contributed by atoms with E-state index < -0.39 is 12.1 Å². The summed E-state index contributed by atoms with van der Waals surface area (Å²) < 4.78 is 5.46. The van der Waals surface area contributed by atoms with Gasteiger partial charge in [-0.05, 0) is 43.4 Å². The molecule has 1 heterocycles. The molecule has 0 radical (unpaired) electrons. The molecule has 3 rings (SSSR count). The third-order valence-corrected chi connectivity index (χ3v) is 6.43. The average molecular weight is 418 g/mol. The molecule has 1 saturated carbocycles. The first-order valence-corrected chi connectivity index (χ1v) is 10.4. The molecule has 1 aliphatic carbocycles. The second kappa shape index (κ2) is 8.69. The normalized spacial score (nSPS) is 23.7. The van der Waals surface area contributed by atoms with Crippen LogP contribution in [0.25, 0.3) is 0 Å². The van der Waals surface area contributed by atoms with Crippen molar-refractivity contribution in [2.24, 2.45) is 11.7 Å². The van der Waals surface area contributed by atoms with Gasteiger partial charge in [0.15, 0.2) is 0 Å². The fourth-order valence-electron chi connectivity index (χ4n) is 3.28. The molecule has 0 unspecified atom stereocenters. The first kappa shape index (κ1) is 19.6. The Morgan fingerprint density at radius 3 is 2.81 bits per heavy atom. The summed E-state index contributed by atoms with van der Waals surface area (Å²) in [6.07, 6.45) is 1.29. The van der Waals surface area contributed by atoms with Crippen molar-refractivity contribution in [3.8, 4) is 0 Å². The third kappa shape index (κ3) is 4.76. The number of halogens is 2. The zero-order valence-electron chi connectivity index (χ0n) is 14.1. The van der Waals surface area contributed by atoms with Crippen molar-refractivity contribution in [3.63, 3.8) is 0 Å². The quantitative estimate of drug-likeness (QED) is 0.781. The van der Waals surface area contributed by atoms with E-state index in [4.69, 9.17) is 33.7 Å². The first-order chi connectivity index (χ1) is 12.4. The Morgan fingerprint density at radius 2 is 2.12 bits per heavy atom. The van der Waals surface area contributed by atoms with E-state index in [9.17, 15) is 9.59 Å². The topological polar surface area (TPSA) is 84.7 Å². The second-order valence-corrected chi connectivity index (χ2v) is 8.41. The lowest BCUT2D eigenvalue weighted by Crippen LogP contribution is -2.46. The maximum absolute atomic E-state index is 12.4. The molecule has 2 fully saturated rings. The van der Waals surface area contributed by atoms with E-state index in [0.717, 1.165) is 18.7 Å². The average Bonchev–Trinajstić information content (AvgIpc) is 3.28. The molecule has 0 aromatic heterocycles. The van der Waals surface area contributed by atoms with Gasteiger partial charge >= 0.3 is 6.09 Å². The summed E-state index contributed by atoms with van der Waals surface area (Å²) in [5.74, 6) is 1.71. The number of hydrogen-bond acceptors (Lipinski definition) is 5. The van der Waals surface area contributed by atoms with Gasteiger partial charge in [-0.1, -0.05) is 23.2 Å². The minimum Gasteiger partial charge on any atom is -0.446 e. The standard InChI is InChI=1S/C17H21Cl2N3O3S/c18-13-4-2-11(8-14(13)19)21-17(24)25-12-3-1-10(7-12)15(20)16(23)22-5-6-26-9-22/h2,4,8,10,12,15H,1,3,5-7,9,20H2,(H,21,24)/t10-,12+,15-/m0/s1. The fraction of sp³-hybridized carbons (Fsp3) is 0.529. The number of thioether (sulfide) groups is 1. The number of benzene rings is 1. The summed E-state index contributed by atoms with van der Waals surface area (Å²) in [7, 11) is 0. The van der Waals surface area contributed by atoms with Gasteiger partial charge in [0, 0.05) is 18.0 Å². The van der Waals surface area contributed by atoms with Crippen molar-refractivity contribution in [2.45, 2.75) is 31.4 Å². The molecular weight excluding hydrogens is 397 g/mol. The van der Waals surface area contributed by atoms with Gasteiger partial charge < -0.3 is 15.4 Å². The van der Waals surface area contributed by atoms with Gasteiger partial charge in [-0.15, -0.1) is 11.8 Å². The zero-order chi connectivity index (χ0) is 18.7. The van der Waals surface area contributed by atoms with Crippen molar-refractivity contribution in [1.82, 2.24) is 4.90 Å². The molecule has 26 heavy (non-hydrogen) atoms. The predicted octanol–water partition coefficient (Wildman–Crippen LogP) is 3.57. The monoisotopic (exact) mass is 417 g/mol. The lowest BCUT2D eigenvalue weighted by Gasteiger charge is -2.24. The zero-order valence-corrected chi connectivity index (χ0v) is 16.4. The van der Waals surface area contributed by atoms with Gasteiger partial charge in [0.25, 0.3) is 0 Å². The number of anilines is 1. The summed E-state index contributed by atoms with van der Waals surface area (Å²) >= 11 is 13.5. The number of carbonyl (C=O) groups excluding carboxylic acids is 2. The Kier molecular flexibility index (Phi) is 6.55. The Labute approximate surface area is 166 Å². The van der Waals surface area contributed by atoms with Gasteiger partial charge in [0.2, 0.25) is 5.91 Å². The molecule has 2 amide bonds. The van der Waals surface area contributed by atoms with Crippen LogP contribution in [0, 0.1) is 5.92 Å². The number of ether oxygens (including phenoxy) is 1. The van der Waals surface area contributed by atoms with Crippen LogP contribution in [0.2, 0.25) is 10.0 Å². The molecule has 0 bridgehead atoms. The van der Waals surface area contributed by atoms with Crippen LogP contribution in [0.15, 0.2) is 18.2 Å². The summed E-state index contributed by atoms with van der Waals surface area (Å²) in [4.78, 5) is 26.3. The largest absolute Gasteiger partial charge is 0.446 e. The van der Waals surface area contributed by atoms with Crippen molar-refractivity contribution in [1.29, 1.82) is 0 Å². The number of hydrogen-bond donors (Lipinski definition) is 2. The molecule has 1 aliphatic heterocycles. The van der Waals surface area contributed by atoms with Gasteiger partial charge in [-0.3, -0.25) is 10.1 Å². The first-order valence-electron chi connectivity index (χ1n) is 8.49. The van der Waals surface area contributed by atoms with Crippen molar-refractivity contribution in [3.05, 3.63) is 28.2 Å². The van der Waals surface area contributed by atoms with Crippen molar-refractivity contribution >= 4 is 52.7 Å². The van der Waals surface area contributed by atoms with Gasteiger partial charge in [0.05, 0.1) is 22.0 Å². The number of carbonyl (C=O) groups is 2. The summed E-state index contributed by atoms with van der Waals surface area (Å²) in [6.45, 7) is 0.760. The van der Waals surface area contributed by atoms with E-state index in [-0.39, 0.29) is 17.9 Å². The van der Waals surface area contributed by atoms with Gasteiger partial charge in [-0.25, -0.2) is 4.79 Å². The van der Waals surface area contributed by atoms with E-state index in [2.05, 4.69) is 5.32 Å². The number of nitrogens with two attached hydrogens (primary N) is 1. The van der Waals surface area contributed by atoms with E-state index in [0.29, 0.717) is 34.5 Å². The Bertz CT molecular complexity index is 685. The third-order valence-electron chi connectivity index (χ3n) is 4.72. The lowest BCUT2D eigenvalue weighted by atomic mass is 9.98. The molecule has 1 aromatic rings. The Morgan fingerprint density at radius 1 is 1.31 bits per heavy atom. The number of nitrogens with zero attached hydrogens (tertiary/aromatic N) is 1. The molecule has 3 N–H and O–H groups in total. The molecule has 0 spiro atoms. The van der Waals surface area contributed by atoms with Crippen LogP contribution in [0.3, 0.4) is 0 Å². The van der Waals surface area contributed by atoms with Crippen LogP contribution in [0.1, 0.15) is 19.3 Å². The van der Waals surface area contributed by atoms with Crippen LogP contribution >= 0.6 is 35.0 Å². The molecule has 142 valence electrons. The maximum Gasteiger partial charge on any atom is 0.411 e. The smallest absolute Gasteiger partial charge is 0.411 e. The van der Waals surface area contributed by atoms with Crippen LogP contribution in [-0.4, -0.2) is 47.2 Å². The van der Waals surface area contributed by atoms with Crippen LogP contribution in [-0.2, 0) is 9.53 Å². The molecule has 6 nitrogen and oxygen atoms in total. The minimum absolute atomic E-state index is 0.000840. The summed E-state index contributed by atoms with van der Waals surface area (Å²) in [5.41, 5.74) is 6.68. The highest BCUT2D eigenvalue weighted by atomic mass is 35.5. The SMILES string of the molecule is N[C@H](C(=O)N1CCSC1)[C@H]1CC[C@@H](OC(=O)Nc2ccc(Cl)c(Cl)c2)C1. The van der Waals surface area contributed by atoms with E-state index in [1.807, 2.05) is 0 Å². The number of nitrogens with one attached hydrogen (secondary N) is 1. The summed E-state index contributed by atoms with van der Waals surface area (Å²) in [6, 6.07) is 4.29. The molecule has 2 aliphatic rings. The molecule has 1 aromatic carbocycles. The van der Waals surface area contributed by atoms with E-state index in [1.54, 1.807) is 34.9 Å². The predicted molar refractivity (Wildman–Crippen MR) is 105 cm³/mol. The molecule has 1 saturated heterocycles.